The normalized spacial score (nSPS) is 17.9. The van der Waals surface area contributed by atoms with Gasteiger partial charge in [0.2, 0.25) is 5.82 Å². The second-order valence-corrected chi connectivity index (χ2v) is 6.78. The number of nitrogen functional groups attached to an aromatic ring is 1. The zero-order valence-corrected chi connectivity index (χ0v) is 12.4. The van der Waals surface area contributed by atoms with Crippen molar-refractivity contribution in [2.45, 2.75) is 36.7 Å². The number of anilines is 1. The van der Waals surface area contributed by atoms with E-state index in [1.807, 2.05) is 6.26 Å². The lowest BCUT2D eigenvalue weighted by Crippen LogP contribution is -2.38. The van der Waals surface area contributed by atoms with E-state index >= 15 is 0 Å². The molecule has 1 aliphatic carbocycles. The van der Waals surface area contributed by atoms with E-state index in [0.717, 1.165) is 19.3 Å². The molecule has 1 fully saturated rings. The number of fused-ring (bicyclic) bond motifs is 1. The van der Waals surface area contributed by atoms with E-state index in [2.05, 4.69) is 4.98 Å². The monoisotopic (exact) mass is 315 g/mol. The third-order valence-corrected chi connectivity index (χ3v) is 5.57. The summed E-state index contributed by atoms with van der Waals surface area (Å²) in [6.45, 7) is 0.337. The summed E-state index contributed by atoms with van der Waals surface area (Å²) in [7, 11) is 0. The maximum atomic E-state index is 13.3. The van der Waals surface area contributed by atoms with Crippen molar-refractivity contribution in [2.75, 3.05) is 12.0 Å². The first-order valence-electron chi connectivity index (χ1n) is 6.73. The lowest BCUT2D eigenvalue weighted by Gasteiger charge is -2.41. The van der Waals surface area contributed by atoms with Gasteiger partial charge in [-0.05, 0) is 37.3 Å². The van der Waals surface area contributed by atoms with Crippen LogP contribution in [0.3, 0.4) is 0 Å². The standard InChI is InChI=1S/C14H16F3N3S/c1-21-13(5-2-6-13)8-20-11-4-3-9(18)7-10(11)19-12(20)14(15,16)17/h3-4,7H,2,5-6,8,18H2,1H3. The molecule has 0 atom stereocenters. The topological polar surface area (TPSA) is 43.8 Å². The van der Waals surface area contributed by atoms with Crippen molar-refractivity contribution in [3.05, 3.63) is 24.0 Å². The molecule has 1 aliphatic rings. The van der Waals surface area contributed by atoms with Gasteiger partial charge >= 0.3 is 6.18 Å². The number of thioether (sulfide) groups is 1. The van der Waals surface area contributed by atoms with Crippen molar-refractivity contribution in [1.29, 1.82) is 0 Å². The van der Waals surface area contributed by atoms with Crippen molar-refractivity contribution in [3.8, 4) is 0 Å². The van der Waals surface area contributed by atoms with Crippen LogP contribution in [0.25, 0.3) is 11.0 Å². The van der Waals surface area contributed by atoms with E-state index in [1.54, 1.807) is 23.9 Å². The highest BCUT2D eigenvalue weighted by Gasteiger charge is 2.42. The number of imidazole rings is 1. The molecule has 3 rings (SSSR count). The molecule has 2 N–H and O–H groups in total. The summed E-state index contributed by atoms with van der Waals surface area (Å²) in [5.74, 6) is -0.830. The number of halogens is 3. The van der Waals surface area contributed by atoms with Crippen LogP contribution in [0.4, 0.5) is 18.9 Å². The molecule has 114 valence electrons. The van der Waals surface area contributed by atoms with Gasteiger partial charge in [0.15, 0.2) is 0 Å². The van der Waals surface area contributed by atoms with Crippen LogP contribution in [-0.4, -0.2) is 20.6 Å². The fourth-order valence-corrected chi connectivity index (χ4v) is 3.76. The molecule has 3 nitrogen and oxygen atoms in total. The molecule has 0 bridgehead atoms. The molecule has 1 aromatic heterocycles. The number of benzene rings is 1. The summed E-state index contributed by atoms with van der Waals surface area (Å²) in [4.78, 5) is 3.77. The summed E-state index contributed by atoms with van der Waals surface area (Å²) < 4.78 is 41.0. The van der Waals surface area contributed by atoms with Gasteiger partial charge in [-0.15, -0.1) is 0 Å². The van der Waals surface area contributed by atoms with E-state index < -0.39 is 12.0 Å². The molecule has 1 heterocycles. The second kappa shape index (κ2) is 4.83. The van der Waals surface area contributed by atoms with Crippen LogP contribution in [-0.2, 0) is 12.7 Å². The highest BCUT2D eigenvalue weighted by molar-refractivity contribution is 8.00. The molecule has 0 radical (unpaired) electrons. The van der Waals surface area contributed by atoms with Gasteiger partial charge in [0, 0.05) is 17.0 Å². The summed E-state index contributed by atoms with van der Waals surface area (Å²) in [5, 5.41) is 0. The lowest BCUT2D eigenvalue weighted by atomic mass is 9.84. The van der Waals surface area contributed by atoms with E-state index in [9.17, 15) is 13.2 Å². The Morgan fingerprint density at radius 3 is 2.62 bits per heavy atom. The van der Waals surface area contributed by atoms with E-state index in [4.69, 9.17) is 5.73 Å². The molecular formula is C14H16F3N3S. The smallest absolute Gasteiger partial charge is 0.399 e. The number of alkyl halides is 3. The van der Waals surface area contributed by atoms with E-state index in [1.165, 1.54) is 10.6 Å². The predicted molar refractivity (Wildman–Crippen MR) is 79.2 cm³/mol. The van der Waals surface area contributed by atoms with Gasteiger partial charge in [-0.3, -0.25) is 0 Å². The first kappa shape index (κ1) is 14.6. The molecule has 7 heteroatoms. The largest absolute Gasteiger partial charge is 0.449 e. The average Bonchev–Trinajstić information content (AvgIpc) is 2.71. The minimum Gasteiger partial charge on any atom is -0.399 e. The Kier molecular flexibility index (Phi) is 3.35. The van der Waals surface area contributed by atoms with Crippen LogP contribution >= 0.6 is 11.8 Å². The van der Waals surface area contributed by atoms with Crippen LogP contribution in [0.1, 0.15) is 25.1 Å². The Morgan fingerprint density at radius 2 is 2.10 bits per heavy atom. The number of nitrogens with two attached hydrogens (primary N) is 1. The lowest BCUT2D eigenvalue weighted by molar-refractivity contribution is -0.147. The third-order valence-electron chi connectivity index (χ3n) is 4.17. The summed E-state index contributed by atoms with van der Waals surface area (Å²) in [5.41, 5.74) is 6.87. The van der Waals surface area contributed by atoms with Crippen molar-refractivity contribution in [1.82, 2.24) is 9.55 Å². The minimum atomic E-state index is -4.46. The summed E-state index contributed by atoms with van der Waals surface area (Å²) in [6, 6.07) is 4.74. The maximum absolute atomic E-state index is 13.3. The Labute approximate surface area is 124 Å². The van der Waals surface area contributed by atoms with Crippen molar-refractivity contribution in [2.24, 2.45) is 0 Å². The molecule has 0 unspecified atom stereocenters. The molecule has 0 spiro atoms. The number of hydrogen-bond acceptors (Lipinski definition) is 3. The van der Waals surface area contributed by atoms with E-state index in [-0.39, 0.29) is 4.75 Å². The minimum absolute atomic E-state index is 0.102. The van der Waals surface area contributed by atoms with Crippen LogP contribution in [0, 0.1) is 0 Å². The highest BCUT2D eigenvalue weighted by atomic mass is 32.2. The van der Waals surface area contributed by atoms with Crippen LogP contribution in [0.15, 0.2) is 18.2 Å². The Morgan fingerprint density at radius 1 is 1.38 bits per heavy atom. The fourth-order valence-electron chi connectivity index (χ4n) is 2.81. The SMILES string of the molecule is CSC1(Cn2c(C(F)(F)F)nc3cc(N)ccc32)CCC1. The number of hydrogen-bond donors (Lipinski definition) is 1. The third kappa shape index (κ3) is 2.47. The van der Waals surface area contributed by atoms with Crippen molar-refractivity contribution in [3.63, 3.8) is 0 Å². The van der Waals surface area contributed by atoms with Gasteiger partial charge < -0.3 is 10.3 Å². The van der Waals surface area contributed by atoms with Gasteiger partial charge in [-0.2, -0.15) is 24.9 Å². The van der Waals surface area contributed by atoms with Gasteiger partial charge in [-0.1, -0.05) is 6.42 Å². The average molecular weight is 315 g/mol. The van der Waals surface area contributed by atoms with Crippen molar-refractivity contribution >= 4 is 28.5 Å². The van der Waals surface area contributed by atoms with Crippen LogP contribution in [0.5, 0.6) is 0 Å². The summed E-state index contributed by atoms with van der Waals surface area (Å²) in [6.07, 6.45) is 0.461. The Bertz CT molecular complexity index is 668. The molecule has 0 amide bonds. The quantitative estimate of drug-likeness (QED) is 0.873. The fraction of sp³-hybridized carbons (Fsp3) is 0.500. The van der Waals surface area contributed by atoms with E-state index in [0.29, 0.717) is 23.3 Å². The van der Waals surface area contributed by atoms with Gasteiger partial charge in [-0.25, -0.2) is 4.98 Å². The Balaban J connectivity index is 2.14. The highest BCUT2D eigenvalue weighted by Crippen LogP contribution is 2.45. The summed E-state index contributed by atoms with van der Waals surface area (Å²) >= 11 is 1.65. The maximum Gasteiger partial charge on any atom is 0.449 e. The molecule has 21 heavy (non-hydrogen) atoms. The predicted octanol–water partition coefficient (Wildman–Crippen LogP) is 3.92. The second-order valence-electron chi connectivity index (χ2n) is 5.51. The van der Waals surface area contributed by atoms with Gasteiger partial charge in [0.05, 0.1) is 11.0 Å². The van der Waals surface area contributed by atoms with Crippen LogP contribution < -0.4 is 5.73 Å². The molecule has 2 aromatic rings. The number of aromatic nitrogens is 2. The first-order chi connectivity index (χ1) is 9.85. The van der Waals surface area contributed by atoms with Gasteiger partial charge in [0.1, 0.15) is 0 Å². The number of rotatable bonds is 3. The molecule has 0 aliphatic heterocycles. The zero-order valence-electron chi connectivity index (χ0n) is 11.6. The van der Waals surface area contributed by atoms with Gasteiger partial charge in [0.25, 0.3) is 0 Å². The van der Waals surface area contributed by atoms with Crippen LogP contribution in [0.2, 0.25) is 0 Å². The number of nitrogens with zero attached hydrogens (tertiary/aromatic N) is 2. The Hall–Kier alpha value is -1.37. The molecule has 1 aromatic carbocycles. The molecular weight excluding hydrogens is 299 g/mol. The molecule has 0 saturated heterocycles. The first-order valence-corrected chi connectivity index (χ1v) is 7.95. The zero-order chi connectivity index (χ0) is 15.3. The molecule has 1 saturated carbocycles. The van der Waals surface area contributed by atoms with Crippen molar-refractivity contribution < 1.29 is 13.2 Å².